The molecule has 0 spiro atoms. The molecule has 4 aromatic rings. The summed E-state index contributed by atoms with van der Waals surface area (Å²) in [5.41, 5.74) is -0.237. The summed E-state index contributed by atoms with van der Waals surface area (Å²) >= 11 is 0. The summed E-state index contributed by atoms with van der Waals surface area (Å²) in [5.74, 6) is 0.103. The zero-order valence-corrected chi connectivity index (χ0v) is 18.4. The largest absolute Gasteiger partial charge is 0.497 e. The maximum atomic E-state index is 12.8. The number of nitro benzene ring substituents is 2. The van der Waals surface area contributed by atoms with Crippen LogP contribution in [0, 0.1) is 27.2 Å². The highest BCUT2D eigenvalue weighted by Gasteiger charge is 2.24. The minimum atomic E-state index is -0.800. The van der Waals surface area contributed by atoms with Gasteiger partial charge in [0.05, 0.1) is 34.0 Å². The summed E-state index contributed by atoms with van der Waals surface area (Å²) in [6.45, 7) is 1.34. The second-order valence-electron chi connectivity index (χ2n) is 7.52. The molecule has 0 aliphatic heterocycles. The fourth-order valence-corrected chi connectivity index (χ4v) is 3.54. The number of carbonyl (C=O) groups excluding carboxylic acids is 1. The van der Waals surface area contributed by atoms with E-state index >= 15 is 0 Å². The lowest BCUT2D eigenvalue weighted by Gasteiger charge is -2.09. The molecule has 0 unspecified atom stereocenters. The molecule has 0 saturated carbocycles. The maximum absolute atomic E-state index is 12.8. The average molecular weight is 475 g/mol. The van der Waals surface area contributed by atoms with Gasteiger partial charge in [0, 0.05) is 28.9 Å². The maximum Gasteiger partial charge on any atom is 0.279 e. The van der Waals surface area contributed by atoms with Crippen LogP contribution in [0.2, 0.25) is 0 Å². The standard InChI is InChI=1S/C24H17N3O8/c1-13-18(9-16(26(30)31)10-20(13)27(32)33)24(29)25-15-5-3-14(4-6-15)23-12-21(28)19-11-17(34-2)7-8-22(19)35-23/h3-12H,1-2H3,(H,25,29). The number of hydrogen-bond acceptors (Lipinski definition) is 8. The highest BCUT2D eigenvalue weighted by atomic mass is 16.6. The topological polar surface area (TPSA) is 155 Å². The third kappa shape index (κ3) is 4.55. The predicted octanol–water partition coefficient (Wildman–Crippen LogP) is 4.85. The van der Waals surface area contributed by atoms with Crippen molar-refractivity contribution in [2.24, 2.45) is 0 Å². The third-order valence-electron chi connectivity index (χ3n) is 5.38. The number of hydrogen-bond donors (Lipinski definition) is 1. The number of nitro groups is 2. The molecule has 4 rings (SSSR count). The van der Waals surface area contributed by atoms with Gasteiger partial charge in [0.2, 0.25) is 0 Å². The van der Waals surface area contributed by atoms with Crippen LogP contribution in [-0.4, -0.2) is 22.9 Å². The summed E-state index contributed by atoms with van der Waals surface area (Å²) < 4.78 is 11.0. The normalized spacial score (nSPS) is 10.7. The van der Waals surface area contributed by atoms with Crippen LogP contribution in [0.25, 0.3) is 22.3 Å². The third-order valence-corrected chi connectivity index (χ3v) is 5.38. The van der Waals surface area contributed by atoms with Gasteiger partial charge >= 0.3 is 0 Å². The Morgan fingerprint density at radius 1 is 0.971 bits per heavy atom. The molecule has 1 amide bonds. The molecule has 11 nitrogen and oxygen atoms in total. The number of anilines is 1. The van der Waals surface area contributed by atoms with E-state index < -0.39 is 27.1 Å². The van der Waals surface area contributed by atoms with Gasteiger partial charge in [-0.3, -0.25) is 29.8 Å². The molecule has 176 valence electrons. The lowest BCUT2D eigenvalue weighted by molar-refractivity contribution is -0.394. The van der Waals surface area contributed by atoms with Gasteiger partial charge in [-0.2, -0.15) is 0 Å². The molecule has 0 atom stereocenters. The number of nitrogens with zero attached hydrogens (tertiary/aromatic N) is 2. The summed E-state index contributed by atoms with van der Waals surface area (Å²) in [7, 11) is 1.50. The Labute approximate surface area is 196 Å². The number of benzene rings is 3. The van der Waals surface area contributed by atoms with Gasteiger partial charge < -0.3 is 14.5 Å². The highest BCUT2D eigenvalue weighted by Crippen LogP contribution is 2.29. The smallest absolute Gasteiger partial charge is 0.279 e. The molecule has 1 aromatic heterocycles. The van der Waals surface area contributed by atoms with E-state index in [9.17, 15) is 29.8 Å². The average Bonchev–Trinajstić information content (AvgIpc) is 2.84. The Morgan fingerprint density at radius 3 is 2.31 bits per heavy atom. The van der Waals surface area contributed by atoms with Gasteiger partial charge in [-0.25, -0.2) is 0 Å². The van der Waals surface area contributed by atoms with Gasteiger partial charge in [-0.1, -0.05) is 0 Å². The summed E-state index contributed by atoms with van der Waals surface area (Å²) in [6.07, 6.45) is 0. The van der Waals surface area contributed by atoms with Gasteiger partial charge in [0.25, 0.3) is 17.3 Å². The van der Waals surface area contributed by atoms with Crippen LogP contribution < -0.4 is 15.5 Å². The number of carbonyl (C=O) groups is 1. The number of nitrogens with one attached hydrogen (secondary N) is 1. The van der Waals surface area contributed by atoms with Crippen molar-refractivity contribution >= 4 is 33.9 Å². The number of methoxy groups -OCH3 is 1. The Hall–Kier alpha value is -5.06. The van der Waals surface area contributed by atoms with Crippen LogP contribution >= 0.6 is 0 Å². The highest BCUT2D eigenvalue weighted by molar-refractivity contribution is 6.06. The van der Waals surface area contributed by atoms with Gasteiger partial charge in [0.1, 0.15) is 17.1 Å². The zero-order valence-electron chi connectivity index (χ0n) is 18.4. The van der Waals surface area contributed by atoms with Crippen LogP contribution in [0.1, 0.15) is 15.9 Å². The van der Waals surface area contributed by atoms with Crippen molar-refractivity contribution < 1.29 is 23.8 Å². The molecule has 1 heterocycles. The monoisotopic (exact) mass is 475 g/mol. The number of rotatable bonds is 6. The van der Waals surface area contributed by atoms with Gasteiger partial charge in [-0.05, 0) is 49.4 Å². The van der Waals surface area contributed by atoms with E-state index in [0.29, 0.717) is 33.7 Å². The first-order chi connectivity index (χ1) is 16.7. The number of ether oxygens (including phenoxy) is 1. The summed E-state index contributed by atoms with van der Waals surface area (Å²) in [6, 6.07) is 14.4. The summed E-state index contributed by atoms with van der Waals surface area (Å²) in [4.78, 5) is 46.1. The van der Waals surface area contributed by atoms with E-state index in [1.807, 2.05) is 0 Å². The van der Waals surface area contributed by atoms with Crippen LogP contribution in [0.5, 0.6) is 5.75 Å². The van der Waals surface area contributed by atoms with Crippen LogP contribution in [-0.2, 0) is 0 Å². The van der Waals surface area contributed by atoms with Gasteiger partial charge in [0.15, 0.2) is 5.43 Å². The number of non-ortho nitro benzene ring substituents is 1. The number of amides is 1. The van der Waals surface area contributed by atoms with E-state index in [2.05, 4.69) is 5.32 Å². The van der Waals surface area contributed by atoms with E-state index in [4.69, 9.17) is 9.15 Å². The van der Waals surface area contributed by atoms with Crippen LogP contribution in [0.4, 0.5) is 17.1 Å². The molecule has 0 aliphatic rings. The van der Waals surface area contributed by atoms with E-state index in [1.165, 1.54) is 20.1 Å². The molecule has 0 radical (unpaired) electrons. The SMILES string of the molecule is COc1ccc2oc(-c3ccc(NC(=O)c4cc([N+](=O)[O-])cc([N+](=O)[O-])c4C)cc3)cc(=O)c2c1. The fourth-order valence-electron chi connectivity index (χ4n) is 3.54. The van der Waals surface area contributed by atoms with E-state index in [1.54, 1.807) is 42.5 Å². The van der Waals surface area contributed by atoms with Crippen molar-refractivity contribution in [1.29, 1.82) is 0 Å². The van der Waals surface area contributed by atoms with E-state index in [-0.39, 0.29) is 16.6 Å². The van der Waals surface area contributed by atoms with Gasteiger partial charge in [-0.15, -0.1) is 0 Å². The van der Waals surface area contributed by atoms with Crippen molar-refractivity contribution in [2.75, 3.05) is 12.4 Å². The molecular formula is C24H17N3O8. The van der Waals surface area contributed by atoms with Crippen molar-refractivity contribution in [3.05, 3.63) is 102 Å². The molecule has 1 N–H and O–H groups in total. The molecule has 3 aromatic carbocycles. The first-order valence-electron chi connectivity index (χ1n) is 10.1. The Balaban J connectivity index is 1.62. The molecule has 35 heavy (non-hydrogen) atoms. The first kappa shape index (κ1) is 23.1. The van der Waals surface area contributed by atoms with Crippen molar-refractivity contribution in [3.63, 3.8) is 0 Å². The van der Waals surface area contributed by atoms with Crippen molar-refractivity contribution in [1.82, 2.24) is 0 Å². The molecule has 0 saturated heterocycles. The second-order valence-corrected chi connectivity index (χ2v) is 7.52. The lowest BCUT2D eigenvalue weighted by Crippen LogP contribution is -2.14. The van der Waals surface area contributed by atoms with Crippen molar-refractivity contribution in [3.8, 4) is 17.1 Å². The predicted molar refractivity (Wildman–Crippen MR) is 127 cm³/mol. The Bertz CT molecular complexity index is 1560. The minimum absolute atomic E-state index is 0.00397. The first-order valence-corrected chi connectivity index (χ1v) is 10.1. The molecule has 11 heteroatoms. The summed E-state index contributed by atoms with van der Waals surface area (Å²) in [5, 5.41) is 25.3. The molecule has 0 bridgehead atoms. The zero-order chi connectivity index (χ0) is 25.3. The van der Waals surface area contributed by atoms with Crippen molar-refractivity contribution in [2.45, 2.75) is 6.92 Å². The van der Waals surface area contributed by atoms with Crippen LogP contribution in [0.3, 0.4) is 0 Å². The molecule has 0 aliphatic carbocycles. The second kappa shape index (κ2) is 9.06. The quantitative estimate of drug-likeness (QED) is 0.307. The number of fused-ring (bicyclic) bond motifs is 1. The fraction of sp³-hybridized carbons (Fsp3) is 0.0833. The lowest BCUT2D eigenvalue weighted by atomic mass is 10.0. The Morgan fingerprint density at radius 2 is 1.69 bits per heavy atom. The molecular weight excluding hydrogens is 458 g/mol. The molecule has 0 fully saturated rings. The minimum Gasteiger partial charge on any atom is -0.497 e. The Kier molecular flexibility index (Phi) is 5.98. The van der Waals surface area contributed by atoms with Crippen LogP contribution in [0.15, 0.2) is 69.9 Å². The van der Waals surface area contributed by atoms with E-state index in [0.717, 1.165) is 12.1 Å².